The van der Waals surface area contributed by atoms with E-state index >= 15 is 0 Å². The number of anilines is 1. The van der Waals surface area contributed by atoms with Gasteiger partial charge in [-0.3, -0.25) is 4.79 Å². The Kier molecular flexibility index (Phi) is 3.87. The van der Waals surface area contributed by atoms with Crippen molar-refractivity contribution in [3.8, 4) is 0 Å². The van der Waals surface area contributed by atoms with Crippen molar-refractivity contribution >= 4 is 54.4 Å². The minimum absolute atomic E-state index is 0.145. The number of hydrogen-bond donors (Lipinski definition) is 2. The van der Waals surface area contributed by atoms with Crippen molar-refractivity contribution in [2.45, 2.75) is 6.92 Å². The number of amides is 1. The van der Waals surface area contributed by atoms with Gasteiger partial charge in [-0.25, -0.2) is 0 Å². The number of aromatic amines is 1. The van der Waals surface area contributed by atoms with E-state index in [1.807, 2.05) is 49.5 Å². The molecule has 0 atom stereocenters. The summed E-state index contributed by atoms with van der Waals surface area (Å²) in [7, 11) is 0. The van der Waals surface area contributed by atoms with Crippen LogP contribution >= 0.6 is 31.9 Å². The predicted molar refractivity (Wildman–Crippen MR) is 92.8 cm³/mol. The number of nitrogens with one attached hydrogen (secondary N) is 2. The van der Waals surface area contributed by atoms with Crippen molar-refractivity contribution in [3.63, 3.8) is 0 Å². The highest BCUT2D eigenvalue weighted by molar-refractivity contribution is 9.11. The first-order chi connectivity index (χ1) is 10.1. The number of carbonyl (C=O) groups is 1. The van der Waals surface area contributed by atoms with Crippen LogP contribution in [0.5, 0.6) is 0 Å². The highest BCUT2D eigenvalue weighted by atomic mass is 79.9. The van der Waals surface area contributed by atoms with E-state index in [2.05, 4.69) is 42.2 Å². The second-order valence-electron chi connectivity index (χ2n) is 4.81. The maximum atomic E-state index is 12.5. The lowest BCUT2D eigenvalue weighted by Crippen LogP contribution is -2.13. The molecule has 106 valence electrons. The van der Waals surface area contributed by atoms with Gasteiger partial charge in [0.2, 0.25) is 0 Å². The maximum Gasteiger partial charge on any atom is 0.257 e. The Morgan fingerprint density at radius 2 is 1.86 bits per heavy atom. The monoisotopic (exact) mass is 406 g/mol. The van der Waals surface area contributed by atoms with E-state index < -0.39 is 0 Å². The van der Waals surface area contributed by atoms with Crippen molar-refractivity contribution < 1.29 is 4.79 Å². The van der Waals surface area contributed by atoms with Gasteiger partial charge in [0, 0.05) is 20.5 Å². The molecule has 5 heteroatoms. The summed E-state index contributed by atoms with van der Waals surface area (Å²) in [4.78, 5) is 15.7. The fourth-order valence-electron chi connectivity index (χ4n) is 2.27. The minimum Gasteiger partial charge on any atom is -0.361 e. The summed E-state index contributed by atoms with van der Waals surface area (Å²) >= 11 is 6.98. The second-order valence-corrected chi connectivity index (χ2v) is 6.51. The van der Waals surface area contributed by atoms with Crippen LogP contribution in [0.2, 0.25) is 0 Å². The van der Waals surface area contributed by atoms with E-state index in [1.165, 1.54) is 0 Å². The first kappa shape index (κ1) is 14.4. The predicted octanol–water partition coefficient (Wildman–Crippen LogP) is 5.25. The molecule has 1 aromatic heterocycles. The van der Waals surface area contributed by atoms with Gasteiger partial charge in [0.15, 0.2) is 0 Å². The number of carbonyl (C=O) groups excluding carboxylic acids is 1. The number of aromatic nitrogens is 1. The molecule has 0 aliphatic rings. The lowest BCUT2D eigenvalue weighted by molar-refractivity contribution is 0.102. The molecule has 0 saturated heterocycles. The molecule has 0 radical (unpaired) electrons. The van der Waals surface area contributed by atoms with Gasteiger partial charge in [-0.1, -0.05) is 12.1 Å². The van der Waals surface area contributed by atoms with Crippen LogP contribution in [-0.4, -0.2) is 10.9 Å². The van der Waals surface area contributed by atoms with Crippen molar-refractivity contribution in [1.82, 2.24) is 4.98 Å². The number of aryl methyl sites for hydroxylation is 1. The highest BCUT2D eigenvalue weighted by Gasteiger charge is 2.14. The van der Waals surface area contributed by atoms with Crippen molar-refractivity contribution in [2.75, 3.05) is 5.32 Å². The van der Waals surface area contributed by atoms with E-state index in [0.717, 1.165) is 31.1 Å². The van der Waals surface area contributed by atoms with Crippen LogP contribution in [0.15, 0.2) is 51.5 Å². The van der Waals surface area contributed by atoms with Gasteiger partial charge in [0.05, 0.1) is 16.8 Å². The summed E-state index contributed by atoms with van der Waals surface area (Å²) in [6.45, 7) is 2.00. The Bertz CT molecular complexity index is 816. The summed E-state index contributed by atoms with van der Waals surface area (Å²) in [5.41, 5.74) is 3.30. The van der Waals surface area contributed by atoms with Crippen molar-refractivity contribution in [3.05, 3.63) is 62.7 Å². The van der Waals surface area contributed by atoms with Gasteiger partial charge < -0.3 is 10.3 Å². The highest BCUT2D eigenvalue weighted by Crippen LogP contribution is 2.33. The lowest BCUT2D eigenvalue weighted by atomic mass is 10.1. The zero-order chi connectivity index (χ0) is 15.0. The normalized spacial score (nSPS) is 10.8. The van der Waals surface area contributed by atoms with Crippen molar-refractivity contribution in [2.24, 2.45) is 0 Å². The summed E-state index contributed by atoms with van der Waals surface area (Å²) in [5.74, 6) is -0.145. The van der Waals surface area contributed by atoms with Crippen molar-refractivity contribution in [1.29, 1.82) is 0 Å². The molecule has 2 aromatic carbocycles. The van der Waals surface area contributed by atoms with Crippen LogP contribution in [0.4, 0.5) is 5.69 Å². The van der Waals surface area contributed by atoms with Gasteiger partial charge >= 0.3 is 0 Å². The molecule has 2 N–H and O–H groups in total. The number of halogens is 2. The summed E-state index contributed by atoms with van der Waals surface area (Å²) in [5, 5.41) is 3.97. The molecular weight excluding hydrogens is 396 g/mol. The topological polar surface area (TPSA) is 44.9 Å². The zero-order valence-corrected chi connectivity index (χ0v) is 14.4. The van der Waals surface area contributed by atoms with Gasteiger partial charge in [-0.15, -0.1) is 0 Å². The van der Waals surface area contributed by atoms with E-state index in [0.29, 0.717) is 5.56 Å². The fourth-order valence-corrected chi connectivity index (χ4v) is 3.89. The minimum atomic E-state index is -0.145. The van der Waals surface area contributed by atoms with Gasteiger partial charge in [0.25, 0.3) is 5.91 Å². The molecule has 1 amide bonds. The quantitative estimate of drug-likeness (QED) is 0.598. The lowest BCUT2D eigenvalue weighted by Gasteiger charge is -2.11. The first-order valence-electron chi connectivity index (χ1n) is 6.39. The molecule has 1 heterocycles. The molecule has 0 unspecified atom stereocenters. The Morgan fingerprint density at radius 3 is 2.57 bits per heavy atom. The molecule has 0 spiro atoms. The van der Waals surface area contributed by atoms with E-state index in [-0.39, 0.29) is 5.91 Å². The summed E-state index contributed by atoms with van der Waals surface area (Å²) < 4.78 is 1.70. The van der Waals surface area contributed by atoms with E-state index in [4.69, 9.17) is 0 Å². The van der Waals surface area contributed by atoms with Crippen LogP contribution in [0.1, 0.15) is 15.9 Å². The third-order valence-electron chi connectivity index (χ3n) is 3.26. The zero-order valence-electron chi connectivity index (χ0n) is 11.2. The van der Waals surface area contributed by atoms with Crippen LogP contribution in [0, 0.1) is 6.92 Å². The summed E-state index contributed by atoms with van der Waals surface area (Å²) in [6, 6.07) is 11.5. The fraction of sp³-hybridized carbons (Fsp3) is 0.0625. The molecule has 3 rings (SSSR count). The number of fused-ring (bicyclic) bond motifs is 1. The molecule has 0 saturated carbocycles. The van der Waals surface area contributed by atoms with E-state index in [1.54, 1.807) is 0 Å². The second kappa shape index (κ2) is 5.66. The smallest absolute Gasteiger partial charge is 0.257 e. The standard InChI is InChI=1S/C16H12Br2N2O/c1-9-7-12(17)15(13(18)8-9)20-16(21)11-4-2-3-10-5-6-19-14(10)11/h2-8,19H,1H3,(H,20,21). The Morgan fingerprint density at radius 1 is 1.14 bits per heavy atom. The number of para-hydroxylation sites is 1. The Hall–Kier alpha value is -1.59. The van der Waals surface area contributed by atoms with Crippen LogP contribution in [0.3, 0.4) is 0 Å². The molecule has 0 bridgehead atoms. The first-order valence-corrected chi connectivity index (χ1v) is 7.98. The molecule has 0 aliphatic carbocycles. The average Bonchev–Trinajstić information content (AvgIpc) is 2.90. The van der Waals surface area contributed by atoms with Crippen LogP contribution in [0.25, 0.3) is 10.9 Å². The molecule has 3 nitrogen and oxygen atoms in total. The Balaban J connectivity index is 1.99. The maximum absolute atomic E-state index is 12.5. The number of benzene rings is 2. The molecular formula is C16H12Br2N2O. The molecule has 3 aromatic rings. The van der Waals surface area contributed by atoms with Gasteiger partial charge in [-0.2, -0.15) is 0 Å². The molecule has 21 heavy (non-hydrogen) atoms. The van der Waals surface area contributed by atoms with Crippen LogP contribution in [-0.2, 0) is 0 Å². The third-order valence-corrected chi connectivity index (χ3v) is 4.51. The van der Waals surface area contributed by atoms with Gasteiger partial charge in [0.1, 0.15) is 0 Å². The van der Waals surface area contributed by atoms with Crippen LogP contribution < -0.4 is 5.32 Å². The van der Waals surface area contributed by atoms with E-state index in [9.17, 15) is 4.79 Å². The SMILES string of the molecule is Cc1cc(Br)c(NC(=O)c2cccc3cc[nH]c23)c(Br)c1. The summed E-state index contributed by atoms with van der Waals surface area (Å²) in [6.07, 6.45) is 1.83. The Labute approximate surface area is 139 Å². The van der Waals surface area contributed by atoms with Gasteiger partial charge in [-0.05, 0) is 68.6 Å². The average molecular weight is 408 g/mol. The molecule has 0 aliphatic heterocycles. The third kappa shape index (κ3) is 2.76. The number of hydrogen-bond acceptors (Lipinski definition) is 1. The number of rotatable bonds is 2. The largest absolute Gasteiger partial charge is 0.361 e. The molecule has 0 fully saturated rings. The number of H-pyrrole nitrogens is 1.